The third kappa shape index (κ3) is 3.69. The Morgan fingerprint density at radius 1 is 1.57 bits per heavy atom. The van der Waals surface area contributed by atoms with Crippen LogP contribution < -0.4 is 5.32 Å². The third-order valence-electron chi connectivity index (χ3n) is 3.84. The minimum absolute atomic E-state index is 0.298. The minimum Gasteiger partial charge on any atom is -0.477 e. The second kappa shape index (κ2) is 6.09. The van der Waals surface area contributed by atoms with Crippen LogP contribution in [0.5, 0.6) is 0 Å². The van der Waals surface area contributed by atoms with Crippen molar-refractivity contribution in [2.24, 2.45) is 0 Å². The van der Waals surface area contributed by atoms with E-state index >= 15 is 0 Å². The SMILES string of the molecule is CC(CNc1ccc(C(=O)O)c([N+](=O)[O-])c1)N(C)C1CC1. The van der Waals surface area contributed by atoms with Gasteiger partial charge in [0.25, 0.3) is 5.69 Å². The number of carbonyl (C=O) groups is 1. The first-order valence-electron chi connectivity index (χ1n) is 6.87. The summed E-state index contributed by atoms with van der Waals surface area (Å²) in [6, 6.07) is 5.03. The Morgan fingerprint density at radius 3 is 2.76 bits per heavy atom. The van der Waals surface area contributed by atoms with Gasteiger partial charge in [0.2, 0.25) is 0 Å². The van der Waals surface area contributed by atoms with E-state index in [4.69, 9.17) is 5.11 Å². The summed E-state index contributed by atoms with van der Waals surface area (Å²) in [4.78, 5) is 23.5. The van der Waals surface area contributed by atoms with Crippen LogP contribution >= 0.6 is 0 Å². The molecule has 0 aliphatic heterocycles. The topological polar surface area (TPSA) is 95.7 Å². The summed E-state index contributed by atoms with van der Waals surface area (Å²) in [6.45, 7) is 2.74. The van der Waals surface area contributed by atoms with Gasteiger partial charge in [-0.05, 0) is 38.9 Å². The maximum Gasteiger partial charge on any atom is 0.342 e. The first kappa shape index (κ1) is 15.2. The smallest absolute Gasteiger partial charge is 0.342 e. The Balaban J connectivity index is 2.04. The largest absolute Gasteiger partial charge is 0.477 e. The molecule has 0 bridgehead atoms. The molecule has 0 amide bonds. The van der Waals surface area contributed by atoms with Crippen molar-refractivity contribution in [2.75, 3.05) is 18.9 Å². The zero-order chi connectivity index (χ0) is 15.6. The molecule has 7 nitrogen and oxygen atoms in total. The summed E-state index contributed by atoms with van der Waals surface area (Å²) in [5.41, 5.74) is -0.132. The van der Waals surface area contributed by atoms with Crippen LogP contribution in [0.2, 0.25) is 0 Å². The fraction of sp³-hybridized carbons (Fsp3) is 0.500. The third-order valence-corrected chi connectivity index (χ3v) is 3.84. The number of anilines is 1. The summed E-state index contributed by atoms with van der Waals surface area (Å²) in [7, 11) is 2.07. The van der Waals surface area contributed by atoms with Crippen molar-refractivity contribution < 1.29 is 14.8 Å². The number of likely N-dealkylation sites (N-methyl/N-ethyl adjacent to an activating group) is 1. The van der Waals surface area contributed by atoms with Crippen LogP contribution in [0.1, 0.15) is 30.1 Å². The van der Waals surface area contributed by atoms with Crippen molar-refractivity contribution in [3.8, 4) is 0 Å². The number of carboxylic acid groups (broad SMARTS) is 1. The molecule has 0 spiro atoms. The van der Waals surface area contributed by atoms with Crippen LogP contribution in [0.25, 0.3) is 0 Å². The van der Waals surface area contributed by atoms with E-state index in [0.717, 1.165) is 0 Å². The van der Waals surface area contributed by atoms with E-state index in [0.29, 0.717) is 24.3 Å². The number of nitrogens with one attached hydrogen (secondary N) is 1. The number of nitrogens with zero attached hydrogens (tertiary/aromatic N) is 2. The monoisotopic (exact) mass is 293 g/mol. The van der Waals surface area contributed by atoms with E-state index in [1.54, 1.807) is 6.07 Å². The number of rotatable bonds is 7. The van der Waals surface area contributed by atoms with Gasteiger partial charge in [-0.1, -0.05) is 0 Å². The van der Waals surface area contributed by atoms with Gasteiger partial charge in [0.15, 0.2) is 0 Å². The van der Waals surface area contributed by atoms with Crippen LogP contribution in [0.4, 0.5) is 11.4 Å². The molecule has 7 heteroatoms. The molecule has 1 atom stereocenters. The summed E-state index contributed by atoms with van der Waals surface area (Å²) in [6.07, 6.45) is 2.44. The Morgan fingerprint density at radius 2 is 2.24 bits per heavy atom. The molecule has 0 aromatic heterocycles. The van der Waals surface area contributed by atoms with Gasteiger partial charge in [0.1, 0.15) is 5.56 Å². The Kier molecular flexibility index (Phi) is 4.42. The summed E-state index contributed by atoms with van der Waals surface area (Å²) in [5.74, 6) is -1.30. The molecule has 0 radical (unpaired) electrons. The van der Waals surface area contributed by atoms with Gasteiger partial charge in [0.05, 0.1) is 4.92 Å². The molecule has 1 saturated carbocycles. The lowest BCUT2D eigenvalue weighted by molar-refractivity contribution is -0.385. The standard InChI is InChI=1S/C14H19N3O4/c1-9(16(2)11-4-5-11)8-15-10-3-6-12(14(18)19)13(7-10)17(20)21/h3,6-7,9,11,15H,4-5,8H2,1-2H3,(H,18,19). The molecule has 2 N–H and O–H groups in total. The number of carboxylic acids is 1. The molecule has 1 aromatic carbocycles. The van der Waals surface area contributed by atoms with Gasteiger partial charge in [0, 0.05) is 30.4 Å². The highest BCUT2D eigenvalue weighted by molar-refractivity contribution is 5.93. The van der Waals surface area contributed by atoms with E-state index in [9.17, 15) is 14.9 Å². The van der Waals surface area contributed by atoms with Crippen molar-refractivity contribution in [3.05, 3.63) is 33.9 Å². The van der Waals surface area contributed by atoms with Crippen molar-refractivity contribution in [2.45, 2.75) is 31.8 Å². The zero-order valence-electron chi connectivity index (χ0n) is 12.1. The number of hydrogen-bond donors (Lipinski definition) is 2. The molecule has 1 fully saturated rings. The van der Waals surface area contributed by atoms with Crippen molar-refractivity contribution in [1.82, 2.24) is 4.90 Å². The predicted octanol–water partition coefficient (Wildman–Crippen LogP) is 2.19. The van der Waals surface area contributed by atoms with Crippen molar-refractivity contribution in [3.63, 3.8) is 0 Å². The minimum atomic E-state index is -1.30. The van der Waals surface area contributed by atoms with Gasteiger partial charge in [-0.25, -0.2) is 4.79 Å². The number of benzene rings is 1. The van der Waals surface area contributed by atoms with E-state index in [-0.39, 0.29) is 5.56 Å². The Labute approximate surface area is 122 Å². The van der Waals surface area contributed by atoms with Crippen LogP contribution in [-0.2, 0) is 0 Å². The molecule has 21 heavy (non-hydrogen) atoms. The van der Waals surface area contributed by atoms with Crippen LogP contribution in [0.15, 0.2) is 18.2 Å². The summed E-state index contributed by atoms with van der Waals surface area (Å²) >= 11 is 0. The van der Waals surface area contributed by atoms with Gasteiger partial charge < -0.3 is 10.4 Å². The molecule has 1 aliphatic carbocycles. The maximum absolute atomic E-state index is 10.9. The molecular weight excluding hydrogens is 274 g/mol. The maximum atomic E-state index is 10.9. The van der Waals surface area contributed by atoms with Crippen LogP contribution in [0, 0.1) is 10.1 Å². The van der Waals surface area contributed by atoms with Crippen molar-refractivity contribution >= 4 is 17.3 Å². The normalized spacial score (nSPS) is 15.8. The highest BCUT2D eigenvalue weighted by Crippen LogP contribution is 2.27. The first-order valence-corrected chi connectivity index (χ1v) is 6.87. The molecule has 0 saturated heterocycles. The van der Waals surface area contributed by atoms with Crippen LogP contribution in [-0.4, -0.2) is 46.6 Å². The Bertz CT molecular complexity index is 557. The molecule has 2 rings (SSSR count). The lowest BCUT2D eigenvalue weighted by Gasteiger charge is -2.25. The van der Waals surface area contributed by atoms with Gasteiger partial charge >= 0.3 is 5.97 Å². The van der Waals surface area contributed by atoms with Crippen molar-refractivity contribution in [1.29, 1.82) is 0 Å². The molecule has 0 heterocycles. The number of aromatic carboxylic acids is 1. The number of nitro benzene ring substituents is 1. The van der Waals surface area contributed by atoms with Crippen LogP contribution in [0.3, 0.4) is 0 Å². The van der Waals surface area contributed by atoms with Gasteiger partial charge in [-0.3, -0.25) is 15.0 Å². The van der Waals surface area contributed by atoms with Gasteiger partial charge in [-0.15, -0.1) is 0 Å². The molecule has 1 aliphatic rings. The number of hydrogen-bond acceptors (Lipinski definition) is 5. The first-order chi connectivity index (χ1) is 9.90. The Hall–Kier alpha value is -2.15. The molecular formula is C14H19N3O4. The fourth-order valence-corrected chi connectivity index (χ4v) is 2.22. The highest BCUT2D eigenvalue weighted by Gasteiger charge is 2.29. The predicted molar refractivity (Wildman–Crippen MR) is 78.8 cm³/mol. The average Bonchev–Trinajstić information content (AvgIpc) is 3.27. The quantitative estimate of drug-likeness (QED) is 0.591. The van der Waals surface area contributed by atoms with E-state index in [2.05, 4.69) is 24.2 Å². The second-order valence-electron chi connectivity index (χ2n) is 5.42. The van der Waals surface area contributed by atoms with Gasteiger partial charge in [-0.2, -0.15) is 0 Å². The molecule has 1 aromatic rings. The fourth-order valence-electron chi connectivity index (χ4n) is 2.22. The number of nitro groups is 1. The molecule has 1 unspecified atom stereocenters. The average molecular weight is 293 g/mol. The van der Waals surface area contributed by atoms with E-state index in [1.165, 1.54) is 25.0 Å². The summed E-state index contributed by atoms with van der Waals surface area (Å²) in [5, 5.41) is 23.0. The lowest BCUT2D eigenvalue weighted by Crippen LogP contribution is -2.36. The molecule has 114 valence electrons. The van der Waals surface area contributed by atoms with E-state index in [1.807, 2.05) is 0 Å². The second-order valence-corrected chi connectivity index (χ2v) is 5.42. The highest BCUT2D eigenvalue weighted by atomic mass is 16.6. The summed E-state index contributed by atoms with van der Waals surface area (Å²) < 4.78 is 0. The zero-order valence-corrected chi connectivity index (χ0v) is 12.1. The van der Waals surface area contributed by atoms with E-state index < -0.39 is 16.6 Å². The lowest BCUT2D eigenvalue weighted by atomic mass is 10.1.